The maximum Gasteiger partial charge on any atom is 0.0984 e. The fourth-order valence-electron chi connectivity index (χ4n) is 7.50. The third kappa shape index (κ3) is 3.28. The molecule has 0 aliphatic heterocycles. The molecule has 4 heterocycles. The Balaban J connectivity index is 1.48. The lowest BCUT2D eigenvalue weighted by Gasteiger charge is -2.11. The quantitative estimate of drug-likeness (QED) is 0.206. The first-order valence-corrected chi connectivity index (χ1v) is 15.3. The highest BCUT2D eigenvalue weighted by Crippen LogP contribution is 2.45. The molecule has 210 valence electrons. The van der Waals surface area contributed by atoms with Crippen molar-refractivity contribution in [2.75, 3.05) is 0 Å². The molecule has 4 aromatic heterocycles. The Kier molecular flexibility index (Phi) is 4.96. The third-order valence-corrected chi connectivity index (χ3v) is 9.25. The molecule has 0 saturated carbocycles. The van der Waals surface area contributed by atoms with E-state index in [9.17, 15) is 0 Å². The van der Waals surface area contributed by atoms with Crippen LogP contribution in [0.1, 0.15) is 0 Å². The van der Waals surface area contributed by atoms with Gasteiger partial charge in [0, 0.05) is 44.8 Å². The molecule has 0 spiro atoms. The number of para-hydroxylation sites is 4. The Bertz CT molecular complexity index is 2560. The predicted octanol–water partition coefficient (Wildman–Crippen LogP) is 10.4. The number of pyridine rings is 1. The minimum Gasteiger partial charge on any atom is -0.309 e. The van der Waals surface area contributed by atoms with Crippen LogP contribution in [0.15, 0.2) is 158 Å². The van der Waals surface area contributed by atoms with Crippen molar-refractivity contribution in [1.29, 1.82) is 0 Å². The summed E-state index contributed by atoms with van der Waals surface area (Å²) in [6.45, 7) is 0. The van der Waals surface area contributed by atoms with Crippen LogP contribution >= 0.6 is 0 Å². The van der Waals surface area contributed by atoms with Crippen LogP contribution in [-0.4, -0.2) is 18.7 Å². The largest absolute Gasteiger partial charge is 0.309 e. The number of aromatic nitrogens is 4. The lowest BCUT2D eigenvalue weighted by Crippen LogP contribution is -1.96. The van der Waals surface area contributed by atoms with Gasteiger partial charge in [0.05, 0.1) is 44.0 Å². The van der Waals surface area contributed by atoms with Gasteiger partial charge in [-0.15, -0.1) is 0 Å². The topological polar surface area (TPSA) is 27.7 Å². The lowest BCUT2D eigenvalue weighted by molar-refractivity contribution is 1.17. The van der Waals surface area contributed by atoms with Gasteiger partial charge in [-0.3, -0.25) is 4.98 Å². The van der Waals surface area contributed by atoms with Crippen LogP contribution in [0.3, 0.4) is 0 Å². The molecule has 0 amide bonds. The van der Waals surface area contributed by atoms with Crippen molar-refractivity contribution in [2.24, 2.45) is 0 Å². The van der Waals surface area contributed by atoms with Gasteiger partial charge in [-0.2, -0.15) is 0 Å². The number of fused-ring (bicyclic) bond motifs is 11. The molecule has 10 aromatic rings. The molecule has 0 unspecified atom stereocenters. The first-order valence-electron chi connectivity index (χ1n) is 15.3. The van der Waals surface area contributed by atoms with E-state index in [2.05, 4.69) is 159 Å². The molecule has 0 radical (unpaired) electrons. The molecule has 0 N–H and O–H groups in total. The van der Waals surface area contributed by atoms with Crippen LogP contribution in [0, 0.1) is 0 Å². The molecular weight excluding hydrogens is 548 g/mol. The summed E-state index contributed by atoms with van der Waals surface area (Å²) in [6.07, 6.45) is 1.91. The van der Waals surface area contributed by atoms with E-state index < -0.39 is 0 Å². The highest BCUT2D eigenvalue weighted by atomic mass is 15.0. The van der Waals surface area contributed by atoms with Crippen molar-refractivity contribution in [3.8, 4) is 17.1 Å². The van der Waals surface area contributed by atoms with Gasteiger partial charge in [-0.1, -0.05) is 84.9 Å². The van der Waals surface area contributed by atoms with Crippen LogP contribution in [0.25, 0.3) is 82.6 Å². The molecule has 0 saturated heterocycles. The smallest absolute Gasteiger partial charge is 0.0984 e. The Morgan fingerprint density at radius 2 is 0.822 bits per heavy atom. The Morgan fingerprint density at radius 1 is 0.333 bits per heavy atom. The Labute approximate surface area is 258 Å². The summed E-state index contributed by atoms with van der Waals surface area (Å²) in [5.74, 6) is 0. The minimum atomic E-state index is 1.00. The summed E-state index contributed by atoms with van der Waals surface area (Å²) in [5.41, 5.74) is 11.4. The van der Waals surface area contributed by atoms with Gasteiger partial charge in [0.15, 0.2) is 0 Å². The van der Waals surface area contributed by atoms with E-state index in [1.165, 1.54) is 43.6 Å². The number of nitrogens with zero attached hydrogens (tertiary/aromatic N) is 4. The van der Waals surface area contributed by atoms with Gasteiger partial charge in [-0.25, -0.2) is 0 Å². The van der Waals surface area contributed by atoms with Crippen molar-refractivity contribution in [2.45, 2.75) is 0 Å². The second-order valence-corrected chi connectivity index (χ2v) is 11.6. The number of hydrogen-bond donors (Lipinski definition) is 0. The maximum absolute atomic E-state index is 5.03. The number of hydrogen-bond acceptors (Lipinski definition) is 1. The molecule has 45 heavy (non-hydrogen) atoms. The van der Waals surface area contributed by atoms with Crippen molar-refractivity contribution in [3.63, 3.8) is 0 Å². The van der Waals surface area contributed by atoms with Crippen LogP contribution in [0.2, 0.25) is 0 Å². The number of benzene rings is 6. The highest BCUT2D eigenvalue weighted by molar-refractivity contribution is 6.31. The maximum atomic E-state index is 5.03. The zero-order valence-electron chi connectivity index (χ0n) is 24.3. The number of rotatable bonds is 3. The Hall–Kier alpha value is -6.13. The van der Waals surface area contributed by atoms with E-state index in [0.29, 0.717) is 0 Å². The fourth-order valence-corrected chi connectivity index (χ4v) is 7.50. The summed E-state index contributed by atoms with van der Waals surface area (Å²) in [5, 5.41) is 6.10. The SMILES string of the molecule is c1ccc(-n2c3ccccc3c3c2ccc2c4ccc5c(c6ncccc6n5-c5ccccc5)c4n(-c4ccccc4)c23)cc1. The van der Waals surface area contributed by atoms with Gasteiger partial charge in [0.2, 0.25) is 0 Å². The zero-order chi connectivity index (χ0) is 29.5. The van der Waals surface area contributed by atoms with Crippen molar-refractivity contribution < 1.29 is 0 Å². The fraction of sp³-hybridized carbons (Fsp3) is 0. The zero-order valence-corrected chi connectivity index (χ0v) is 24.3. The van der Waals surface area contributed by atoms with Crippen molar-refractivity contribution in [3.05, 3.63) is 158 Å². The van der Waals surface area contributed by atoms with Gasteiger partial charge >= 0.3 is 0 Å². The highest BCUT2D eigenvalue weighted by Gasteiger charge is 2.24. The van der Waals surface area contributed by atoms with E-state index in [4.69, 9.17) is 4.98 Å². The van der Waals surface area contributed by atoms with Crippen LogP contribution in [0.4, 0.5) is 0 Å². The molecule has 0 fully saturated rings. The van der Waals surface area contributed by atoms with Crippen LogP contribution in [-0.2, 0) is 0 Å². The predicted molar refractivity (Wildman–Crippen MR) is 187 cm³/mol. The van der Waals surface area contributed by atoms with Gasteiger partial charge in [0.25, 0.3) is 0 Å². The van der Waals surface area contributed by atoms with Gasteiger partial charge in [0.1, 0.15) is 0 Å². The summed E-state index contributed by atoms with van der Waals surface area (Å²) in [7, 11) is 0. The molecule has 4 heteroatoms. The van der Waals surface area contributed by atoms with Crippen molar-refractivity contribution in [1.82, 2.24) is 18.7 Å². The van der Waals surface area contributed by atoms with E-state index in [-0.39, 0.29) is 0 Å². The monoisotopic (exact) mass is 574 g/mol. The summed E-state index contributed by atoms with van der Waals surface area (Å²) < 4.78 is 7.23. The summed E-state index contributed by atoms with van der Waals surface area (Å²) in [4.78, 5) is 5.03. The molecule has 0 atom stereocenters. The molecule has 0 aliphatic carbocycles. The standard InChI is InChI=1S/C41H26N4/c1-4-13-27(14-5-1)43-33-20-11-10-19-32(33)37-34(43)24-22-30-31-23-25-35-38(41(31)45(40(30)37)29-17-8-3-9-18-29)39-36(21-12-26-42-39)44(35)28-15-6-2-7-16-28/h1-26H. The minimum absolute atomic E-state index is 1.00. The third-order valence-electron chi connectivity index (χ3n) is 9.25. The van der Waals surface area contributed by atoms with E-state index in [1.54, 1.807) is 0 Å². The summed E-state index contributed by atoms with van der Waals surface area (Å²) in [6, 6.07) is 54.3. The molecule has 0 bridgehead atoms. The molecule has 10 rings (SSSR count). The van der Waals surface area contributed by atoms with Crippen LogP contribution in [0.5, 0.6) is 0 Å². The van der Waals surface area contributed by atoms with Crippen molar-refractivity contribution >= 4 is 65.5 Å². The van der Waals surface area contributed by atoms with Gasteiger partial charge in [-0.05, 0) is 66.7 Å². The average molecular weight is 575 g/mol. The second kappa shape index (κ2) is 9.18. The molecular formula is C41H26N4. The first-order chi connectivity index (χ1) is 22.4. The molecule has 0 aliphatic rings. The molecule has 6 aromatic carbocycles. The van der Waals surface area contributed by atoms with E-state index in [0.717, 1.165) is 39.0 Å². The average Bonchev–Trinajstić information content (AvgIpc) is 3.75. The first kappa shape index (κ1) is 24.3. The van der Waals surface area contributed by atoms with E-state index in [1.807, 2.05) is 12.3 Å². The lowest BCUT2D eigenvalue weighted by atomic mass is 10.1. The molecule has 4 nitrogen and oxygen atoms in total. The summed E-state index contributed by atoms with van der Waals surface area (Å²) >= 11 is 0. The van der Waals surface area contributed by atoms with Crippen LogP contribution < -0.4 is 0 Å². The Morgan fingerprint density at radius 3 is 1.47 bits per heavy atom. The normalized spacial score (nSPS) is 12.0. The van der Waals surface area contributed by atoms with E-state index >= 15 is 0 Å². The van der Waals surface area contributed by atoms with Gasteiger partial charge < -0.3 is 13.7 Å². The second-order valence-electron chi connectivity index (χ2n) is 11.6.